The van der Waals surface area contributed by atoms with Gasteiger partial charge in [0.15, 0.2) is 5.96 Å². The molecular formula is C48H71N11O13S. The first kappa shape index (κ1) is 60.2. The second-order valence-corrected chi connectivity index (χ2v) is 18.9. The van der Waals surface area contributed by atoms with Crippen molar-refractivity contribution in [2.45, 2.75) is 133 Å². The van der Waals surface area contributed by atoms with Crippen LogP contribution in [0.1, 0.15) is 83.3 Å². The van der Waals surface area contributed by atoms with Crippen LogP contribution in [0.25, 0.3) is 0 Å². The molecule has 1 aliphatic heterocycles. The molecule has 1 fully saturated rings. The number of carboxylic acid groups (broad SMARTS) is 2. The zero-order valence-electron chi connectivity index (χ0n) is 41.5. The summed E-state index contributed by atoms with van der Waals surface area (Å²) in [5, 5.41) is 54.6. The van der Waals surface area contributed by atoms with Crippen LogP contribution >= 0.6 is 11.8 Å². The number of hydrogen-bond donors (Lipinski definition) is 13. The molecular weight excluding hydrogens is 971 g/mol. The van der Waals surface area contributed by atoms with Gasteiger partial charge in [-0.2, -0.15) is 11.8 Å². The fraction of sp³-hybridized carbons (Fsp3) is 0.542. The predicted molar refractivity (Wildman–Crippen MR) is 270 cm³/mol. The SMILES string of the molecule is CC[C@H](C)[C@H](NC(=O)[C@H](Cc1ccc(O)cc1)NC(=O)[C@H](CCC(=O)O)NC(=O)[C@H](C)N)C(=O)N[C@@H](CCCN=C(N)N)C(=O)N[C@@H](CCSC)C(=O)N1CCC[C@H]1C(=O)N[C@@H](Cc1ccc(O)cc1)C(=O)O. The second-order valence-electron chi connectivity index (χ2n) is 17.9. The second kappa shape index (κ2) is 30.0. The number of carbonyl (C=O) groups is 9. The van der Waals surface area contributed by atoms with Crippen LogP contribution in [0.3, 0.4) is 0 Å². The van der Waals surface area contributed by atoms with Gasteiger partial charge in [-0.05, 0) is 98.8 Å². The van der Waals surface area contributed by atoms with E-state index in [1.165, 1.54) is 72.1 Å². The molecule has 1 heterocycles. The summed E-state index contributed by atoms with van der Waals surface area (Å²) in [5.41, 5.74) is 17.8. The number of nitrogens with one attached hydrogen (secondary N) is 6. The monoisotopic (exact) mass is 1040 g/mol. The van der Waals surface area contributed by atoms with E-state index in [9.17, 15) is 63.6 Å². The Labute approximate surface area is 427 Å². The Bertz CT molecular complexity index is 2250. The van der Waals surface area contributed by atoms with E-state index in [1.54, 1.807) is 20.1 Å². The first-order chi connectivity index (χ1) is 34.5. The van der Waals surface area contributed by atoms with Crippen LogP contribution in [0, 0.1) is 5.92 Å². The summed E-state index contributed by atoms with van der Waals surface area (Å²) in [6.45, 7) is 4.97. The number of aliphatic imine (C=N–C) groups is 1. The van der Waals surface area contributed by atoms with Gasteiger partial charge in [0.05, 0.1) is 6.04 Å². The van der Waals surface area contributed by atoms with Crippen molar-refractivity contribution in [3.63, 3.8) is 0 Å². The molecule has 0 aliphatic carbocycles. The lowest BCUT2D eigenvalue weighted by molar-refractivity contribution is -0.145. The molecule has 25 heteroatoms. The molecule has 3 rings (SSSR count). The van der Waals surface area contributed by atoms with Crippen molar-refractivity contribution in [2.75, 3.05) is 25.1 Å². The lowest BCUT2D eigenvalue weighted by Gasteiger charge is -2.31. The van der Waals surface area contributed by atoms with Crippen LogP contribution in [-0.4, -0.2) is 158 Å². The highest BCUT2D eigenvalue weighted by Gasteiger charge is 2.40. The third-order valence-corrected chi connectivity index (χ3v) is 12.8. The summed E-state index contributed by atoms with van der Waals surface area (Å²) in [4.78, 5) is 126. The molecule has 0 radical (unpaired) electrons. The van der Waals surface area contributed by atoms with Gasteiger partial charge in [-0.1, -0.05) is 44.5 Å². The minimum Gasteiger partial charge on any atom is -0.508 e. The van der Waals surface area contributed by atoms with E-state index in [0.717, 1.165) is 0 Å². The summed E-state index contributed by atoms with van der Waals surface area (Å²) >= 11 is 1.39. The number of nitrogens with zero attached hydrogens (tertiary/aromatic N) is 2. The van der Waals surface area contributed by atoms with E-state index in [0.29, 0.717) is 29.7 Å². The third-order valence-electron chi connectivity index (χ3n) is 12.1. The average molecular weight is 1040 g/mol. The van der Waals surface area contributed by atoms with E-state index >= 15 is 0 Å². The number of benzene rings is 2. The van der Waals surface area contributed by atoms with Gasteiger partial charge in [-0.15, -0.1) is 0 Å². The predicted octanol–water partition coefficient (Wildman–Crippen LogP) is -1.07. The summed E-state index contributed by atoms with van der Waals surface area (Å²) < 4.78 is 0. The number of phenols is 2. The zero-order chi connectivity index (χ0) is 54.4. The van der Waals surface area contributed by atoms with Crippen molar-refractivity contribution in [1.82, 2.24) is 36.8 Å². The number of rotatable bonds is 30. The summed E-state index contributed by atoms with van der Waals surface area (Å²) in [6, 6.07) is 1.29. The van der Waals surface area contributed by atoms with E-state index in [-0.39, 0.29) is 75.5 Å². The van der Waals surface area contributed by atoms with Crippen molar-refractivity contribution < 1.29 is 63.6 Å². The number of carbonyl (C=O) groups excluding carboxylic acids is 7. The fourth-order valence-corrected chi connectivity index (χ4v) is 8.25. The maximum atomic E-state index is 14.4. The molecule has 0 bridgehead atoms. The average Bonchev–Trinajstić information content (AvgIpc) is 3.84. The highest BCUT2D eigenvalue weighted by molar-refractivity contribution is 7.98. The summed E-state index contributed by atoms with van der Waals surface area (Å²) in [6.07, 6.45) is 1.78. The number of guanidine groups is 1. The van der Waals surface area contributed by atoms with E-state index in [4.69, 9.17) is 17.2 Å². The highest BCUT2D eigenvalue weighted by Crippen LogP contribution is 2.22. The smallest absolute Gasteiger partial charge is 0.326 e. The molecule has 0 unspecified atom stereocenters. The minimum atomic E-state index is -1.44. The maximum Gasteiger partial charge on any atom is 0.326 e. The number of aliphatic carboxylic acids is 2. The van der Waals surface area contributed by atoms with Crippen molar-refractivity contribution in [3.8, 4) is 11.5 Å². The Morgan fingerprint density at radius 1 is 0.699 bits per heavy atom. The summed E-state index contributed by atoms with van der Waals surface area (Å²) in [5.74, 6) is -8.54. The van der Waals surface area contributed by atoms with Gasteiger partial charge in [0.2, 0.25) is 41.4 Å². The number of hydrogen-bond acceptors (Lipinski definition) is 14. The van der Waals surface area contributed by atoms with Crippen LogP contribution in [-0.2, 0) is 56.0 Å². The topological polar surface area (TPSA) is 400 Å². The van der Waals surface area contributed by atoms with Crippen molar-refractivity contribution in [2.24, 2.45) is 28.1 Å². The number of phenolic OH excluding ortho intramolecular Hbond substituents is 2. The summed E-state index contributed by atoms with van der Waals surface area (Å²) in [7, 11) is 0. The van der Waals surface area contributed by atoms with Gasteiger partial charge >= 0.3 is 11.9 Å². The van der Waals surface area contributed by atoms with Crippen molar-refractivity contribution in [1.29, 1.82) is 0 Å². The molecule has 2 aromatic carbocycles. The molecule has 1 aliphatic rings. The normalized spacial score (nSPS) is 16.4. The van der Waals surface area contributed by atoms with E-state index < -0.39 is 114 Å². The molecule has 402 valence electrons. The number of nitrogens with two attached hydrogens (primary N) is 3. The lowest BCUT2D eigenvalue weighted by atomic mass is 9.96. The van der Waals surface area contributed by atoms with Gasteiger partial charge in [-0.3, -0.25) is 43.3 Å². The number of thioether (sulfide) groups is 1. The molecule has 2 aromatic rings. The van der Waals surface area contributed by atoms with Crippen LogP contribution < -0.4 is 49.1 Å². The molecule has 9 atom stereocenters. The van der Waals surface area contributed by atoms with Crippen LogP contribution in [0.5, 0.6) is 11.5 Å². The molecule has 0 saturated carbocycles. The maximum absolute atomic E-state index is 14.4. The molecule has 73 heavy (non-hydrogen) atoms. The highest BCUT2D eigenvalue weighted by atomic mass is 32.2. The quantitative estimate of drug-likeness (QED) is 0.0252. The van der Waals surface area contributed by atoms with Gasteiger partial charge < -0.3 is 74.4 Å². The first-order valence-electron chi connectivity index (χ1n) is 24.0. The minimum absolute atomic E-state index is 0.0190. The third kappa shape index (κ3) is 20.1. The fourth-order valence-electron chi connectivity index (χ4n) is 7.78. The van der Waals surface area contributed by atoms with Gasteiger partial charge in [0, 0.05) is 32.4 Å². The Kier molecular flexibility index (Phi) is 24.7. The number of likely N-dealkylation sites (tertiary alicyclic amines) is 1. The standard InChI is InChI=1S/C48H71N11O13S/c1-5-26(2)39(58-43(67)35(24-28-10-14-30(60)15-11-28)56-42(66)33(18-19-38(62)63)53-40(64)27(3)49)45(69)54-32(8-6-21-52-48(50)51)41(65)55-34(20-23-73-4)46(70)59-22-7-9-37(59)44(68)57-36(47(71)72)25-29-12-16-31(61)17-13-29/h10-17,26-27,32-37,39,60-61H,5-9,18-25,49H2,1-4H3,(H,53,64)(H,54,69)(H,55,65)(H,56,66)(H,57,68)(H,58,67)(H,62,63)(H,71,72)(H4,50,51,52)/t26-,27-,32-,33-,34-,35-,36-,37-,39-/m0/s1. The van der Waals surface area contributed by atoms with Crippen molar-refractivity contribution in [3.05, 3.63) is 59.7 Å². The van der Waals surface area contributed by atoms with Gasteiger partial charge in [-0.25, -0.2) is 4.79 Å². The van der Waals surface area contributed by atoms with Gasteiger partial charge in [0.1, 0.15) is 53.8 Å². The Hall–Kier alpha value is -7.15. The Morgan fingerprint density at radius 3 is 1.74 bits per heavy atom. The molecule has 0 spiro atoms. The number of aromatic hydroxyl groups is 2. The molecule has 0 aromatic heterocycles. The van der Waals surface area contributed by atoms with Crippen LogP contribution in [0.15, 0.2) is 53.5 Å². The van der Waals surface area contributed by atoms with Crippen LogP contribution in [0.4, 0.5) is 0 Å². The number of carboxylic acids is 2. The van der Waals surface area contributed by atoms with Crippen LogP contribution in [0.2, 0.25) is 0 Å². The molecule has 1 saturated heterocycles. The van der Waals surface area contributed by atoms with Crippen molar-refractivity contribution >= 4 is 71.0 Å². The first-order valence-corrected chi connectivity index (χ1v) is 25.4. The molecule has 16 N–H and O–H groups in total. The zero-order valence-corrected chi connectivity index (χ0v) is 42.3. The largest absolute Gasteiger partial charge is 0.508 e. The Morgan fingerprint density at radius 2 is 1.22 bits per heavy atom. The lowest BCUT2D eigenvalue weighted by Crippen LogP contribution is -2.61. The molecule has 24 nitrogen and oxygen atoms in total. The van der Waals surface area contributed by atoms with E-state index in [1.807, 2.05) is 0 Å². The van der Waals surface area contributed by atoms with E-state index in [2.05, 4.69) is 36.9 Å². The molecule has 7 amide bonds. The number of amides is 7. The Balaban J connectivity index is 1.92. The van der Waals surface area contributed by atoms with Gasteiger partial charge in [0.25, 0.3) is 0 Å².